The van der Waals surface area contributed by atoms with Crippen molar-refractivity contribution in [1.29, 1.82) is 0 Å². The van der Waals surface area contributed by atoms with Crippen LogP contribution in [-0.4, -0.2) is 54.8 Å². The average Bonchev–Trinajstić information content (AvgIpc) is 2.76. The second kappa shape index (κ2) is 8.54. The molecule has 3 rings (SSSR count). The minimum atomic E-state index is -0.533. The Hall–Kier alpha value is -3.40. The van der Waals surface area contributed by atoms with E-state index in [0.29, 0.717) is 12.1 Å². The number of hydrogen-bond donors (Lipinski definition) is 1. The van der Waals surface area contributed by atoms with Crippen LogP contribution in [0.1, 0.15) is 25.3 Å². The highest BCUT2D eigenvalue weighted by Gasteiger charge is 2.21. The quantitative estimate of drug-likeness (QED) is 0.579. The van der Waals surface area contributed by atoms with Crippen LogP contribution in [0.4, 0.5) is 0 Å². The maximum atomic E-state index is 12.4. The van der Waals surface area contributed by atoms with E-state index in [2.05, 4.69) is 20.1 Å². The van der Waals surface area contributed by atoms with Crippen LogP contribution in [0.25, 0.3) is 22.6 Å². The van der Waals surface area contributed by atoms with Gasteiger partial charge in [-0.3, -0.25) is 18.7 Å². The molecule has 1 amide bonds. The highest BCUT2D eigenvalue weighted by atomic mass is 16.2. The molecule has 3 aromatic rings. The first kappa shape index (κ1) is 21.3. The maximum Gasteiger partial charge on any atom is 0.332 e. The predicted octanol–water partition coefficient (Wildman–Crippen LogP) is -0.0001000. The van der Waals surface area contributed by atoms with Gasteiger partial charge in [-0.2, -0.15) is 0 Å². The molecule has 0 fully saturated rings. The van der Waals surface area contributed by atoms with Gasteiger partial charge in [0.2, 0.25) is 5.91 Å². The maximum absolute atomic E-state index is 12.4. The smallest absolute Gasteiger partial charge is 0.332 e. The second-order valence-electron chi connectivity index (χ2n) is 7.08. The number of aryl methyl sites for hydroxylation is 1. The van der Waals surface area contributed by atoms with Crippen molar-refractivity contribution in [3.05, 3.63) is 50.7 Å². The molecule has 2 aromatic heterocycles. The summed E-state index contributed by atoms with van der Waals surface area (Å²) in [7, 11) is 2.90. The molecule has 0 saturated heterocycles. The van der Waals surface area contributed by atoms with E-state index in [-0.39, 0.29) is 22.9 Å². The fraction of sp³-hybridized carbons (Fsp3) is 0.400. The lowest BCUT2D eigenvalue weighted by molar-refractivity contribution is -0.119. The molecule has 1 aromatic carbocycles. The molecule has 0 aliphatic heterocycles. The summed E-state index contributed by atoms with van der Waals surface area (Å²) in [6, 6.07) is 7.15. The Labute approximate surface area is 173 Å². The Bertz CT molecular complexity index is 1190. The number of carbonyl (C=O) groups excluding carboxylic acids is 1. The zero-order valence-corrected chi connectivity index (χ0v) is 17.5. The molecule has 158 valence electrons. The summed E-state index contributed by atoms with van der Waals surface area (Å²) in [6.07, 6.45) is 0. The van der Waals surface area contributed by atoms with Crippen LogP contribution in [-0.2, 0) is 18.9 Å². The van der Waals surface area contributed by atoms with Gasteiger partial charge in [0.25, 0.3) is 5.56 Å². The molecule has 0 radical (unpaired) electrons. The van der Waals surface area contributed by atoms with Crippen LogP contribution in [0.15, 0.2) is 33.9 Å². The molecule has 2 N–H and O–H groups in total. The lowest BCUT2D eigenvalue weighted by atomic mass is 9.96. The molecule has 0 spiro atoms. The second-order valence-corrected chi connectivity index (χ2v) is 7.08. The van der Waals surface area contributed by atoms with Crippen LogP contribution >= 0.6 is 0 Å². The van der Waals surface area contributed by atoms with Crippen molar-refractivity contribution in [2.24, 2.45) is 19.8 Å². The van der Waals surface area contributed by atoms with E-state index in [9.17, 15) is 14.4 Å². The fourth-order valence-corrected chi connectivity index (χ4v) is 3.34. The molecule has 10 heteroatoms. The first-order valence-corrected chi connectivity index (χ1v) is 9.70. The van der Waals surface area contributed by atoms with Crippen molar-refractivity contribution in [1.82, 2.24) is 29.2 Å². The number of hydrogen-bond acceptors (Lipinski definition) is 7. The number of primary amides is 1. The van der Waals surface area contributed by atoms with Crippen molar-refractivity contribution in [2.45, 2.75) is 19.8 Å². The average molecular weight is 411 g/mol. The van der Waals surface area contributed by atoms with E-state index in [1.165, 1.54) is 18.7 Å². The molecule has 0 bridgehead atoms. The molecule has 0 aliphatic rings. The lowest BCUT2D eigenvalue weighted by Gasteiger charge is -2.23. The number of likely N-dealkylation sites (N-methyl/N-ethyl adjacent to an activating group) is 1. The number of nitrogens with zero attached hydrogens (tertiary/aromatic N) is 6. The third-order valence-electron chi connectivity index (χ3n) is 5.32. The van der Waals surface area contributed by atoms with E-state index < -0.39 is 17.2 Å². The first-order chi connectivity index (χ1) is 14.3. The van der Waals surface area contributed by atoms with Crippen LogP contribution in [0, 0.1) is 0 Å². The summed E-state index contributed by atoms with van der Waals surface area (Å²) in [5, 5.41) is 8.09. The van der Waals surface area contributed by atoms with Crippen molar-refractivity contribution >= 4 is 17.1 Å². The summed E-state index contributed by atoms with van der Waals surface area (Å²) in [4.78, 5) is 42.9. The highest BCUT2D eigenvalue weighted by Crippen LogP contribution is 2.22. The molecule has 1 unspecified atom stereocenters. The molecule has 0 aliphatic carbocycles. The standard InChI is InChI=1S/C20H25N7O3/c1-5-27(6-2)11-14(16(21)28)12-7-9-13(10-8-12)17-22-15-18(24-23-17)25(3)20(30)26(4)19(15)29/h7-10,14H,5-6,11H2,1-4H3,(H2,21,28). The topological polar surface area (TPSA) is 129 Å². The minimum absolute atomic E-state index is 0.0604. The SMILES string of the molecule is CCN(CC)CC(C(N)=O)c1ccc(-c2nnc3c(n2)c(=O)n(C)c(=O)n3C)cc1. The van der Waals surface area contributed by atoms with Gasteiger partial charge in [0.1, 0.15) is 0 Å². The van der Waals surface area contributed by atoms with Crippen LogP contribution in [0.5, 0.6) is 0 Å². The van der Waals surface area contributed by atoms with Crippen LogP contribution in [0.3, 0.4) is 0 Å². The minimum Gasteiger partial charge on any atom is -0.369 e. The Kier molecular flexibility index (Phi) is 6.06. The Morgan fingerprint density at radius 2 is 1.70 bits per heavy atom. The van der Waals surface area contributed by atoms with Gasteiger partial charge in [-0.05, 0) is 18.7 Å². The fourth-order valence-electron chi connectivity index (χ4n) is 3.34. The number of benzene rings is 1. The first-order valence-electron chi connectivity index (χ1n) is 9.70. The lowest BCUT2D eigenvalue weighted by Crippen LogP contribution is -2.38. The molecule has 1 atom stereocenters. The van der Waals surface area contributed by atoms with Crippen molar-refractivity contribution < 1.29 is 4.79 Å². The van der Waals surface area contributed by atoms with Gasteiger partial charge in [-0.1, -0.05) is 38.1 Å². The van der Waals surface area contributed by atoms with Gasteiger partial charge >= 0.3 is 5.69 Å². The van der Waals surface area contributed by atoms with Crippen LogP contribution < -0.4 is 17.0 Å². The third-order valence-corrected chi connectivity index (χ3v) is 5.32. The van der Waals surface area contributed by atoms with Crippen molar-refractivity contribution in [3.8, 4) is 11.4 Å². The molecule has 0 saturated carbocycles. The number of rotatable bonds is 7. The van der Waals surface area contributed by atoms with Gasteiger partial charge in [0, 0.05) is 26.2 Å². The monoisotopic (exact) mass is 411 g/mol. The van der Waals surface area contributed by atoms with E-state index in [0.717, 1.165) is 23.2 Å². The zero-order chi connectivity index (χ0) is 22.0. The largest absolute Gasteiger partial charge is 0.369 e. The Morgan fingerprint density at radius 3 is 2.27 bits per heavy atom. The third kappa shape index (κ3) is 3.86. The molecular weight excluding hydrogens is 386 g/mol. The van der Waals surface area contributed by atoms with E-state index in [4.69, 9.17) is 5.73 Å². The van der Waals surface area contributed by atoms with Gasteiger partial charge in [0.05, 0.1) is 5.92 Å². The van der Waals surface area contributed by atoms with Gasteiger partial charge < -0.3 is 10.6 Å². The van der Waals surface area contributed by atoms with E-state index in [1.54, 1.807) is 24.3 Å². The summed E-state index contributed by atoms with van der Waals surface area (Å²) >= 11 is 0. The molecule has 10 nitrogen and oxygen atoms in total. The van der Waals surface area contributed by atoms with Gasteiger partial charge in [-0.25, -0.2) is 9.78 Å². The number of nitrogens with two attached hydrogens (primary N) is 1. The number of amides is 1. The predicted molar refractivity (Wildman–Crippen MR) is 113 cm³/mol. The normalized spacial score (nSPS) is 12.4. The molecular formula is C20H25N7O3. The van der Waals surface area contributed by atoms with Crippen molar-refractivity contribution in [3.63, 3.8) is 0 Å². The van der Waals surface area contributed by atoms with E-state index in [1.807, 2.05) is 13.8 Å². The highest BCUT2D eigenvalue weighted by molar-refractivity contribution is 5.82. The summed E-state index contributed by atoms with van der Waals surface area (Å²) < 4.78 is 2.21. The Balaban J connectivity index is 1.99. The van der Waals surface area contributed by atoms with Crippen LogP contribution in [0.2, 0.25) is 0 Å². The van der Waals surface area contributed by atoms with E-state index >= 15 is 0 Å². The number of aromatic nitrogens is 5. The van der Waals surface area contributed by atoms with Crippen molar-refractivity contribution in [2.75, 3.05) is 19.6 Å². The summed E-state index contributed by atoms with van der Waals surface area (Å²) in [5.41, 5.74) is 6.22. The number of fused-ring (bicyclic) bond motifs is 1. The van der Waals surface area contributed by atoms with Gasteiger partial charge in [-0.15, -0.1) is 10.2 Å². The molecule has 30 heavy (non-hydrogen) atoms. The summed E-state index contributed by atoms with van der Waals surface area (Å²) in [6.45, 7) is 6.27. The Morgan fingerprint density at radius 1 is 1.07 bits per heavy atom. The number of carbonyl (C=O) groups is 1. The van der Waals surface area contributed by atoms with Gasteiger partial charge in [0.15, 0.2) is 17.0 Å². The molecule has 2 heterocycles. The zero-order valence-electron chi connectivity index (χ0n) is 17.5. The summed E-state index contributed by atoms with van der Waals surface area (Å²) in [5.74, 6) is -0.566.